The molecule has 1 unspecified atom stereocenters. The van der Waals surface area contributed by atoms with Gasteiger partial charge in [-0.1, -0.05) is 44.5 Å². The summed E-state index contributed by atoms with van der Waals surface area (Å²) in [6.45, 7) is 11.4. The van der Waals surface area contributed by atoms with Crippen molar-refractivity contribution in [1.29, 1.82) is 0 Å². The van der Waals surface area contributed by atoms with Crippen molar-refractivity contribution < 1.29 is 19.0 Å². The van der Waals surface area contributed by atoms with Crippen LogP contribution in [0.2, 0.25) is 0 Å². The van der Waals surface area contributed by atoms with E-state index in [1.807, 2.05) is 20.8 Å². The van der Waals surface area contributed by atoms with Crippen molar-refractivity contribution in [1.82, 2.24) is 5.32 Å². The first-order chi connectivity index (χ1) is 14.2. The van der Waals surface area contributed by atoms with Gasteiger partial charge in [-0.25, -0.2) is 4.79 Å². The molecule has 168 valence electrons. The highest BCUT2D eigenvalue weighted by Gasteiger charge is 2.50. The van der Waals surface area contributed by atoms with E-state index in [2.05, 4.69) is 43.4 Å². The van der Waals surface area contributed by atoms with Gasteiger partial charge in [0.25, 0.3) is 0 Å². The van der Waals surface area contributed by atoms with Crippen LogP contribution in [0.1, 0.15) is 84.3 Å². The number of nitrogens with one attached hydrogen (secondary N) is 1. The summed E-state index contributed by atoms with van der Waals surface area (Å²) in [4.78, 5) is 12.7. The zero-order chi connectivity index (χ0) is 21.8. The SMILES string of the molecule is CCCC(NC(=O)OC(C)(C)C)C1(c2ccc(CC)cc2)CCC2(CC1)OCCO2. The summed E-state index contributed by atoms with van der Waals surface area (Å²) >= 11 is 0. The molecule has 0 aromatic heterocycles. The number of ether oxygens (including phenoxy) is 3. The number of rotatable bonds is 6. The standard InChI is InChI=1S/C25H39NO4/c1-6-8-21(26-22(27)30-23(3,4)5)24(20-11-9-19(7-2)10-12-20)13-15-25(16-14-24)28-17-18-29-25/h9-12,21H,6-8,13-18H2,1-5H3,(H,26,27). The third-order valence-electron chi connectivity index (χ3n) is 6.59. The Morgan fingerprint density at radius 3 is 2.17 bits per heavy atom. The minimum absolute atomic E-state index is 0.00331. The van der Waals surface area contributed by atoms with E-state index in [1.54, 1.807) is 0 Å². The van der Waals surface area contributed by atoms with Gasteiger partial charge in [-0.15, -0.1) is 0 Å². The summed E-state index contributed by atoms with van der Waals surface area (Å²) in [5.41, 5.74) is 1.96. The van der Waals surface area contributed by atoms with E-state index in [-0.39, 0.29) is 17.6 Å². The van der Waals surface area contributed by atoms with E-state index < -0.39 is 11.4 Å². The van der Waals surface area contributed by atoms with Crippen molar-refractivity contribution in [3.63, 3.8) is 0 Å². The molecule has 3 rings (SSSR count). The predicted octanol–water partition coefficient (Wildman–Crippen LogP) is 5.50. The first kappa shape index (κ1) is 23.1. The second kappa shape index (κ2) is 9.27. The second-order valence-corrected chi connectivity index (χ2v) is 9.80. The van der Waals surface area contributed by atoms with Crippen molar-refractivity contribution in [3.05, 3.63) is 35.4 Å². The van der Waals surface area contributed by atoms with E-state index >= 15 is 0 Å². The minimum Gasteiger partial charge on any atom is -0.444 e. The lowest BCUT2D eigenvalue weighted by molar-refractivity contribution is -0.186. The Kier molecular flexibility index (Phi) is 7.13. The summed E-state index contributed by atoms with van der Waals surface area (Å²) in [6.07, 6.45) is 6.11. The van der Waals surface area contributed by atoms with Gasteiger partial charge in [-0.05, 0) is 57.6 Å². The monoisotopic (exact) mass is 417 g/mol. The summed E-state index contributed by atoms with van der Waals surface area (Å²) in [5.74, 6) is -0.435. The van der Waals surface area contributed by atoms with E-state index in [0.717, 1.165) is 44.9 Å². The molecular weight excluding hydrogens is 378 g/mol. The molecule has 0 bridgehead atoms. The zero-order valence-corrected chi connectivity index (χ0v) is 19.4. The van der Waals surface area contributed by atoms with Crippen LogP contribution in [0, 0.1) is 0 Å². The molecule has 5 nitrogen and oxygen atoms in total. The first-order valence-electron chi connectivity index (χ1n) is 11.6. The molecule has 2 fully saturated rings. The van der Waals surface area contributed by atoms with Gasteiger partial charge >= 0.3 is 6.09 Å². The Hall–Kier alpha value is -1.59. The van der Waals surface area contributed by atoms with Gasteiger partial charge in [0, 0.05) is 24.3 Å². The first-order valence-corrected chi connectivity index (χ1v) is 11.6. The van der Waals surface area contributed by atoms with E-state index in [0.29, 0.717) is 13.2 Å². The van der Waals surface area contributed by atoms with Crippen LogP contribution in [-0.4, -0.2) is 36.7 Å². The Labute approximate surface area is 181 Å². The molecule has 1 amide bonds. The third-order valence-corrected chi connectivity index (χ3v) is 6.59. The van der Waals surface area contributed by atoms with Gasteiger partial charge in [0.2, 0.25) is 0 Å². The molecule has 0 radical (unpaired) electrons. The fourth-order valence-corrected chi connectivity index (χ4v) is 5.00. The molecule has 1 aliphatic carbocycles. The fraction of sp³-hybridized carbons (Fsp3) is 0.720. The van der Waals surface area contributed by atoms with Crippen LogP contribution in [0.3, 0.4) is 0 Å². The van der Waals surface area contributed by atoms with Gasteiger partial charge in [0.1, 0.15) is 5.60 Å². The summed E-state index contributed by atoms with van der Waals surface area (Å²) in [7, 11) is 0. The number of hydrogen-bond acceptors (Lipinski definition) is 4. The third kappa shape index (κ3) is 5.17. The molecule has 1 aliphatic heterocycles. The lowest BCUT2D eigenvalue weighted by Crippen LogP contribution is -2.55. The molecule has 1 saturated heterocycles. The van der Waals surface area contributed by atoms with Gasteiger partial charge < -0.3 is 19.5 Å². The Balaban J connectivity index is 1.90. The fourth-order valence-electron chi connectivity index (χ4n) is 5.00. The lowest BCUT2D eigenvalue weighted by Gasteiger charge is -2.48. The van der Waals surface area contributed by atoms with Crippen LogP contribution < -0.4 is 5.32 Å². The number of amides is 1. The van der Waals surface area contributed by atoms with E-state index in [4.69, 9.17) is 14.2 Å². The Morgan fingerprint density at radius 2 is 1.67 bits per heavy atom. The number of alkyl carbamates (subject to hydrolysis) is 1. The van der Waals surface area contributed by atoms with Gasteiger partial charge in [0.15, 0.2) is 5.79 Å². The highest BCUT2D eigenvalue weighted by molar-refractivity contribution is 5.68. The normalized spacial score (nSPS) is 21.4. The minimum atomic E-state index is -0.515. The highest BCUT2D eigenvalue weighted by Crippen LogP contribution is 2.49. The zero-order valence-electron chi connectivity index (χ0n) is 19.4. The number of benzene rings is 1. The topological polar surface area (TPSA) is 56.8 Å². The number of hydrogen-bond donors (Lipinski definition) is 1. The Bertz CT molecular complexity index is 691. The van der Waals surface area contributed by atoms with E-state index in [1.165, 1.54) is 11.1 Å². The molecule has 1 saturated carbocycles. The highest BCUT2D eigenvalue weighted by atomic mass is 16.7. The molecule has 1 aromatic carbocycles. The average molecular weight is 418 g/mol. The molecule has 1 spiro atoms. The average Bonchev–Trinajstić information content (AvgIpc) is 3.15. The maximum atomic E-state index is 12.7. The van der Waals surface area contributed by atoms with Crippen LogP contribution in [0.25, 0.3) is 0 Å². The quantitative estimate of drug-likeness (QED) is 0.664. The summed E-state index contributed by atoms with van der Waals surface area (Å²) < 4.78 is 17.6. The van der Waals surface area contributed by atoms with Crippen LogP contribution >= 0.6 is 0 Å². The van der Waals surface area contributed by atoms with Crippen molar-refractivity contribution >= 4 is 6.09 Å². The Morgan fingerprint density at radius 1 is 1.07 bits per heavy atom. The van der Waals surface area contributed by atoms with Crippen molar-refractivity contribution in [2.24, 2.45) is 0 Å². The van der Waals surface area contributed by atoms with Gasteiger partial charge in [-0.2, -0.15) is 0 Å². The predicted molar refractivity (Wildman–Crippen MR) is 119 cm³/mol. The summed E-state index contributed by atoms with van der Waals surface area (Å²) in [5, 5.41) is 3.25. The summed E-state index contributed by atoms with van der Waals surface area (Å²) in [6, 6.07) is 8.96. The van der Waals surface area contributed by atoms with Crippen LogP contribution in [0.15, 0.2) is 24.3 Å². The van der Waals surface area contributed by atoms with Crippen molar-refractivity contribution in [3.8, 4) is 0 Å². The van der Waals surface area contributed by atoms with Crippen LogP contribution in [0.5, 0.6) is 0 Å². The molecule has 1 atom stereocenters. The number of aryl methyl sites for hydroxylation is 1. The van der Waals surface area contributed by atoms with Crippen LogP contribution in [-0.2, 0) is 26.0 Å². The molecule has 1 heterocycles. The molecule has 1 aromatic rings. The molecular formula is C25H39NO4. The van der Waals surface area contributed by atoms with E-state index in [9.17, 15) is 4.79 Å². The largest absolute Gasteiger partial charge is 0.444 e. The number of carbonyl (C=O) groups is 1. The molecule has 30 heavy (non-hydrogen) atoms. The van der Waals surface area contributed by atoms with Gasteiger partial charge in [-0.3, -0.25) is 0 Å². The smallest absolute Gasteiger partial charge is 0.407 e. The maximum absolute atomic E-state index is 12.7. The van der Waals surface area contributed by atoms with Crippen molar-refractivity contribution in [2.75, 3.05) is 13.2 Å². The van der Waals surface area contributed by atoms with Crippen molar-refractivity contribution in [2.45, 2.75) is 102 Å². The lowest BCUT2D eigenvalue weighted by atomic mass is 9.62. The van der Waals surface area contributed by atoms with Crippen LogP contribution in [0.4, 0.5) is 4.79 Å². The second-order valence-electron chi connectivity index (χ2n) is 9.80. The maximum Gasteiger partial charge on any atom is 0.407 e. The number of carbonyl (C=O) groups excluding carboxylic acids is 1. The van der Waals surface area contributed by atoms with Gasteiger partial charge in [0.05, 0.1) is 13.2 Å². The molecule has 5 heteroatoms. The molecule has 2 aliphatic rings. The molecule has 1 N–H and O–H groups in total.